The highest BCUT2D eigenvalue weighted by atomic mass is 19.1. The number of fused-ring (bicyclic) bond motifs is 12. The van der Waals surface area contributed by atoms with Crippen LogP contribution in [0.15, 0.2) is 70.6 Å². The molecule has 6 N–H and O–H groups in total. The van der Waals surface area contributed by atoms with Crippen LogP contribution in [0.25, 0.3) is 0 Å². The van der Waals surface area contributed by atoms with Crippen molar-refractivity contribution in [1.82, 2.24) is 90.7 Å². The maximum atomic E-state index is 12.4. The van der Waals surface area contributed by atoms with Crippen molar-refractivity contribution in [1.29, 1.82) is 0 Å². The number of nitrogens with zero attached hydrogens (tertiary/aromatic N) is 12. The number of halogens is 1. The zero-order valence-electron chi connectivity index (χ0n) is 87.7. The van der Waals surface area contributed by atoms with Gasteiger partial charge in [-0.2, -0.15) is 0 Å². The molecule has 0 aliphatic carbocycles. The molecule has 18 fully saturated rings. The maximum absolute atomic E-state index is 12.4. The van der Waals surface area contributed by atoms with Crippen molar-refractivity contribution < 1.29 is 90.3 Å². The third kappa shape index (κ3) is 23.1. The number of nitrogens with one attached hydrogen (secondary N) is 6. The van der Waals surface area contributed by atoms with Gasteiger partial charge in [0.05, 0.1) is 56.6 Å². The second-order valence-corrected chi connectivity index (χ2v) is 46.8. The Labute approximate surface area is 871 Å². The fourth-order valence-corrected chi connectivity index (χ4v) is 29.6. The Hall–Kier alpha value is -11.3. The van der Waals surface area contributed by atoms with Crippen LogP contribution in [0.2, 0.25) is 0 Å². The molecule has 808 valence electrons. The number of ether oxygens (including phenoxy) is 6. The lowest BCUT2D eigenvalue weighted by Gasteiger charge is -2.43. The summed E-state index contributed by atoms with van der Waals surface area (Å²) in [6, 6.07) is 2.45. The lowest BCUT2D eigenvalue weighted by molar-refractivity contribution is -0.120. The van der Waals surface area contributed by atoms with Crippen molar-refractivity contribution >= 4 is 72.0 Å². The van der Waals surface area contributed by atoms with E-state index < -0.39 is 6.67 Å². The number of piperidine rings is 5. The first-order valence-corrected chi connectivity index (χ1v) is 56.0. The first kappa shape index (κ1) is 105. The van der Waals surface area contributed by atoms with E-state index in [-0.39, 0.29) is 191 Å². The normalized spacial score (nSPS) is 31.2. The molecule has 0 saturated carbocycles. The predicted octanol–water partition coefficient (Wildman–Crippen LogP) is 10.8. The molecule has 0 aromatic carbocycles. The summed E-state index contributed by atoms with van der Waals surface area (Å²) in [6.45, 7) is 23.0. The number of hydrogen-bond donors (Lipinski definition) is 6. The Balaban J connectivity index is 0.000000112. The van der Waals surface area contributed by atoms with E-state index in [1.165, 1.54) is 41.3 Å². The Morgan fingerprint density at radius 3 is 0.757 bits per heavy atom. The summed E-state index contributed by atoms with van der Waals surface area (Å²) in [5, 5.41) is 18.0. The van der Waals surface area contributed by atoms with Crippen molar-refractivity contribution in [3.8, 4) is 24.2 Å². The predicted molar refractivity (Wildman–Crippen MR) is 547 cm³/mol. The fraction of sp³-hybridized carbons (Fsp3) is 0.748. The number of hydrogen-bond acceptors (Lipinski definition) is 24. The zero-order chi connectivity index (χ0) is 103. The van der Waals surface area contributed by atoms with Crippen LogP contribution in [-0.2, 0) is 57.2 Å². The molecule has 0 aromatic heterocycles. The quantitative estimate of drug-likeness (QED) is 0.0781. The van der Waals surface area contributed by atoms with Crippen LogP contribution in [0.5, 0.6) is 0 Å². The van der Waals surface area contributed by atoms with Crippen LogP contribution in [0.3, 0.4) is 0 Å². The third-order valence-electron chi connectivity index (χ3n) is 38.0. The van der Waals surface area contributed by atoms with Gasteiger partial charge in [0.15, 0.2) is 13.2 Å². The summed E-state index contributed by atoms with van der Waals surface area (Å²) < 4.78 is 43.1. The summed E-state index contributed by atoms with van der Waals surface area (Å²) in [4.78, 5) is 169. The van der Waals surface area contributed by atoms with E-state index >= 15 is 0 Å². The van der Waals surface area contributed by atoms with E-state index in [0.29, 0.717) is 57.8 Å². The van der Waals surface area contributed by atoms with Gasteiger partial charge in [-0.3, -0.25) is 58.2 Å². The molecule has 37 heteroatoms. The maximum Gasteiger partial charge on any atom is 0.411 e. The van der Waals surface area contributed by atoms with Crippen LogP contribution in [-0.4, -0.2) is 368 Å². The molecule has 24 aliphatic rings. The summed E-state index contributed by atoms with van der Waals surface area (Å²) >= 11 is 0. The average Bonchev–Trinajstić information content (AvgIpc) is 1.61. The smallest absolute Gasteiger partial charge is 0.411 e. The molecule has 148 heavy (non-hydrogen) atoms. The number of terminal acetylenes is 1. The topological polar surface area (TPSA) is 371 Å². The van der Waals surface area contributed by atoms with E-state index in [1.807, 2.05) is 38.3 Å². The highest BCUT2D eigenvalue weighted by Gasteiger charge is 2.54. The molecular weight excluding hydrogens is 1890 g/mol. The van der Waals surface area contributed by atoms with E-state index in [9.17, 15) is 61.9 Å². The van der Waals surface area contributed by atoms with Gasteiger partial charge in [0.2, 0.25) is 35.4 Å². The highest BCUT2D eigenvalue weighted by molar-refractivity contribution is 5.82. The number of likely N-dealkylation sites (tertiary alicyclic amines) is 6. The van der Waals surface area contributed by atoms with Gasteiger partial charge in [0, 0.05) is 265 Å². The van der Waals surface area contributed by atoms with Crippen LogP contribution < -0.4 is 31.9 Å². The largest absolute Gasteiger partial charge is 0.453 e. The van der Waals surface area contributed by atoms with Gasteiger partial charge < -0.3 is 89.7 Å². The van der Waals surface area contributed by atoms with E-state index in [4.69, 9.17) is 34.8 Å². The number of methoxy groups -OCH3 is 1. The molecular formula is C111H159FN18O18. The van der Waals surface area contributed by atoms with E-state index in [1.54, 1.807) is 11.8 Å². The minimum atomic E-state index is -0.636. The Morgan fingerprint density at radius 2 is 0.547 bits per heavy atom. The number of amides is 12. The second-order valence-electron chi connectivity index (χ2n) is 46.8. The number of rotatable bonds is 12. The van der Waals surface area contributed by atoms with Gasteiger partial charge >= 0.3 is 36.6 Å². The van der Waals surface area contributed by atoms with Crippen molar-refractivity contribution in [2.24, 2.45) is 32.5 Å². The summed E-state index contributed by atoms with van der Waals surface area (Å²) in [7, 11) is 1.46. The number of carbonyl (C=O) groups is 12. The Morgan fingerprint density at radius 1 is 0.324 bits per heavy atom. The number of carbonyl (C=O) groups excluding carboxylic acids is 12. The molecule has 13 unspecified atom stereocenters. The zero-order valence-corrected chi connectivity index (χ0v) is 87.7. The van der Waals surface area contributed by atoms with Crippen LogP contribution in [0.1, 0.15) is 258 Å². The third-order valence-corrected chi connectivity index (χ3v) is 38.0. The molecule has 24 heterocycles. The van der Waals surface area contributed by atoms with Crippen LogP contribution >= 0.6 is 0 Å². The molecule has 36 nitrogen and oxygen atoms in total. The highest BCUT2D eigenvalue weighted by Crippen LogP contribution is 2.51. The van der Waals surface area contributed by atoms with Crippen LogP contribution in [0.4, 0.5) is 33.2 Å². The van der Waals surface area contributed by atoms with Crippen molar-refractivity contribution in [2.45, 2.75) is 331 Å². The van der Waals surface area contributed by atoms with Gasteiger partial charge in [-0.1, -0.05) is 11.8 Å². The lowest BCUT2D eigenvalue weighted by atomic mass is 9.77. The summed E-state index contributed by atoms with van der Waals surface area (Å²) in [5.74, 6) is 9.11. The minimum absolute atomic E-state index is 0.0340. The molecule has 6 spiro atoms. The first-order valence-electron chi connectivity index (χ1n) is 56.0. The van der Waals surface area contributed by atoms with E-state index in [2.05, 4.69) is 116 Å². The SMILES string of the molecule is C#CCOC(=O)N1C2C=C(N3CCC4(CC3)CNC(=O)C4)CC1CC2.CC#CCOC(=O)N1C2C=C(N3CCC4(CC3)CNC(=O)C4)CC1CC2.CCOC(=O)N1C2C=C(N3CCC4(CC3)CNC(=O)C4)CC1CC2.CCOC(=O)N1C2C=C(N3CCCC4(CC3)CNC(=O)C4)CC1CC2.COC(=O)N1C2C=C(N3CCC4(CC3)CNC(=O)C4)CC1CC2.O=C1CC2(CCN(C3=CC4CCC(C3)N4C(=O)OCCF)CC2)CN1. The molecule has 13 atom stereocenters. The van der Waals surface area contributed by atoms with E-state index in [0.717, 1.165) is 317 Å². The Kier molecular flexibility index (Phi) is 32.3. The fourth-order valence-electron chi connectivity index (χ4n) is 29.6. The summed E-state index contributed by atoms with van der Waals surface area (Å²) in [6.07, 6.45) is 53.3. The molecule has 0 aromatic rings. The number of alkyl halides is 1. The minimum Gasteiger partial charge on any atom is -0.453 e. The molecule has 12 bridgehead atoms. The summed E-state index contributed by atoms with van der Waals surface area (Å²) in [5.41, 5.74) is 9.34. The van der Waals surface area contributed by atoms with Gasteiger partial charge in [-0.25, -0.2) is 33.2 Å². The van der Waals surface area contributed by atoms with Gasteiger partial charge in [0.1, 0.15) is 13.3 Å². The van der Waals surface area contributed by atoms with Gasteiger partial charge in [0.25, 0.3) is 0 Å². The van der Waals surface area contributed by atoms with Gasteiger partial charge in [-0.15, -0.1) is 12.3 Å². The lowest BCUT2D eigenvalue weighted by Crippen LogP contribution is -2.47. The average molecular weight is 2050 g/mol. The van der Waals surface area contributed by atoms with Gasteiger partial charge in [-0.05, 0) is 250 Å². The molecule has 24 aliphatic heterocycles. The molecule has 18 saturated heterocycles. The van der Waals surface area contributed by atoms with Crippen LogP contribution in [0, 0.1) is 56.7 Å². The molecule has 0 radical (unpaired) electrons. The second kappa shape index (κ2) is 45.5. The van der Waals surface area contributed by atoms with Crippen molar-refractivity contribution in [3.63, 3.8) is 0 Å². The van der Waals surface area contributed by atoms with Crippen molar-refractivity contribution in [3.05, 3.63) is 70.6 Å². The molecule has 24 rings (SSSR count). The Bertz CT molecular complexity index is 5250. The standard InChI is InChI=1S/C20H27N3O3.C19H29N3O3.C19H25N3O3.C18H26FN3O3.C18H27N3O3.C17H25N3O3/c1-2-3-10-26-19(25)23-15-4-5-16(23)12-17(11-15)22-8-6-20(7-9-22)13-18(24)21-14-20;1-2-25-18(24)22-14-4-5-15(22)11-16(10-14)21-8-3-6-19(7-9-21)12-17(23)20-13-19;1-2-9-25-18(24)22-14-3-4-15(22)11-16(10-14)21-7-5-19(6-8-21)12-17(23)20-13-19;19-5-8-25-17(24)22-13-1-2-14(22)10-15(9-13)21-6-3-18(4-7-21)11-16(23)20-12-18;1-2-24-17(23)21-13-3-4-14(21)10-15(9-13)20-7-5-18(6-8-20)11-16(22)19-12-18;1-23-16(22)20-12-2-3-13(20)9-14(8-12)19-6-4-17(5-7-19)10-15(21)18-11-17/h11,15-16H,4-10,12-14H2,1H3,(H,21,24);10,14-15H,2-9,11-13H2,1H3,(H,20,23);1,10,14-15H,3-9,11-13H2,(H,20,23);9,13-14H,1-8,10-12H2,(H,20,23);9,13-14H,2-8,10-12H2,1H3,(H,19,22);8,12-13H,2-7,9-11H2,1H3,(H,18,21). The molecule has 12 amide bonds. The monoisotopic (exact) mass is 2050 g/mol. The van der Waals surface area contributed by atoms with Crippen molar-refractivity contribution in [2.75, 3.05) is 165 Å². The first-order chi connectivity index (χ1) is 71.6.